The number of rotatable bonds is 8. The van der Waals surface area contributed by atoms with E-state index in [-0.39, 0.29) is 6.10 Å². The monoisotopic (exact) mass is 176 g/mol. The van der Waals surface area contributed by atoms with Gasteiger partial charge in [-0.05, 0) is 13.0 Å². The summed E-state index contributed by atoms with van der Waals surface area (Å²) >= 11 is 0. The smallest absolute Gasteiger partial charge is 0.0705 e. The zero-order valence-electron chi connectivity index (χ0n) is 8.01. The molecule has 0 aliphatic heterocycles. The van der Waals surface area contributed by atoms with Crippen molar-refractivity contribution in [3.8, 4) is 0 Å². The van der Waals surface area contributed by atoms with Gasteiger partial charge in [0.2, 0.25) is 0 Å². The molecule has 12 heavy (non-hydrogen) atoms. The molecule has 4 heteroatoms. The lowest BCUT2D eigenvalue weighted by Crippen LogP contribution is -2.29. The van der Waals surface area contributed by atoms with E-state index >= 15 is 0 Å². The van der Waals surface area contributed by atoms with Crippen molar-refractivity contribution in [3.63, 3.8) is 0 Å². The van der Waals surface area contributed by atoms with Crippen LogP contribution in [-0.4, -0.2) is 46.6 Å². The molecule has 0 aromatic rings. The van der Waals surface area contributed by atoms with Crippen LogP contribution in [0.15, 0.2) is 0 Å². The second-order valence-corrected chi connectivity index (χ2v) is 2.62. The predicted molar refractivity (Wildman–Crippen MR) is 49.2 cm³/mol. The average molecular weight is 176 g/mol. The van der Waals surface area contributed by atoms with Gasteiger partial charge in [-0.1, -0.05) is 0 Å². The largest absolute Gasteiger partial charge is 0.383 e. The first-order valence-electron chi connectivity index (χ1n) is 4.27. The number of hydrogen-bond donors (Lipinski definition) is 2. The topological polar surface area (TPSA) is 56.5 Å². The van der Waals surface area contributed by atoms with Crippen molar-refractivity contribution < 1.29 is 9.47 Å². The quantitative estimate of drug-likeness (QED) is 0.493. The molecule has 0 saturated carbocycles. The van der Waals surface area contributed by atoms with Gasteiger partial charge in [-0.25, -0.2) is 0 Å². The normalized spacial score (nSPS) is 13.2. The molecule has 0 rings (SSSR count). The van der Waals surface area contributed by atoms with Crippen molar-refractivity contribution in [2.24, 2.45) is 5.73 Å². The van der Waals surface area contributed by atoms with Crippen LogP contribution >= 0.6 is 0 Å². The van der Waals surface area contributed by atoms with E-state index in [1.165, 1.54) is 0 Å². The molecule has 1 atom stereocenters. The molecule has 3 N–H and O–H groups in total. The van der Waals surface area contributed by atoms with Crippen LogP contribution in [0.3, 0.4) is 0 Å². The van der Waals surface area contributed by atoms with Gasteiger partial charge in [0.25, 0.3) is 0 Å². The second kappa shape index (κ2) is 8.93. The zero-order valence-corrected chi connectivity index (χ0v) is 8.01. The maximum Gasteiger partial charge on any atom is 0.0705 e. The molecule has 0 fully saturated rings. The van der Waals surface area contributed by atoms with Crippen LogP contribution in [0.1, 0.15) is 6.42 Å². The Hall–Kier alpha value is -0.160. The van der Waals surface area contributed by atoms with E-state index in [9.17, 15) is 0 Å². The van der Waals surface area contributed by atoms with Gasteiger partial charge in [-0.15, -0.1) is 0 Å². The first-order chi connectivity index (χ1) is 5.85. The minimum Gasteiger partial charge on any atom is -0.383 e. The van der Waals surface area contributed by atoms with Crippen LogP contribution in [0.4, 0.5) is 0 Å². The molecule has 0 aliphatic rings. The third-order valence-electron chi connectivity index (χ3n) is 1.72. The predicted octanol–water partition coefficient (Wildman–Crippen LogP) is -0.414. The van der Waals surface area contributed by atoms with Gasteiger partial charge in [0, 0.05) is 27.3 Å². The molecule has 0 saturated heterocycles. The van der Waals surface area contributed by atoms with Gasteiger partial charge in [-0.3, -0.25) is 0 Å². The molecule has 0 aliphatic carbocycles. The van der Waals surface area contributed by atoms with Crippen LogP contribution in [0.5, 0.6) is 0 Å². The Morgan fingerprint density at radius 3 is 2.58 bits per heavy atom. The van der Waals surface area contributed by atoms with Crippen molar-refractivity contribution in [3.05, 3.63) is 0 Å². The highest BCUT2D eigenvalue weighted by Crippen LogP contribution is 1.91. The van der Waals surface area contributed by atoms with Gasteiger partial charge in [0.15, 0.2) is 0 Å². The van der Waals surface area contributed by atoms with Crippen LogP contribution < -0.4 is 11.1 Å². The summed E-state index contributed by atoms with van der Waals surface area (Å²) in [6.07, 6.45) is 1.14. The summed E-state index contributed by atoms with van der Waals surface area (Å²) in [4.78, 5) is 0. The third kappa shape index (κ3) is 6.54. The van der Waals surface area contributed by atoms with Gasteiger partial charge in [0.1, 0.15) is 0 Å². The highest BCUT2D eigenvalue weighted by molar-refractivity contribution is 4.59. The van der Waals surface area contributed by atoms with Crippen molar-refractivity contribution in [2.45, 2.75) is 12.5 Å². The second-order valence-electron chi connectivity index (χ2n) is 2.62. The average Bonchev–Trinajstić information content (AvgIpc) is 2.11. The summed E-state index contributed by atoms with van der Waals surface area (Å²) in [5.74, 6) is 0. The van der Waals surface area contributed by atoms with Crippen LogP contribution in [0.25, 0.3) is 0 Å². The SMILES string of the molecule is COCCNCCC(CN)OC. The number of methoxy groups -OCH3 is 2. The van der Waals surface area contributed by atoms with Gasteiger partial charge in [-0.2, -0.15) is 0 Å². The van der Waals surface area contributed by atoms with Crippen molar-refractivity contribution in [2.75, 3.05) is 40.5 Å². The van der Waals surface area contributed by atoms with Crippen LogP contribution in [-0.2, 0) is 9.47 Å². The summed E-state index contributed by atoms with van der Waals surface area (Å²) in [6.45, 7) is 3.15. The maximum absolute atomic E-state index is 5.45. The number of hydrogen-bond acceptors (Lipinski definition) is 4. The fraction of sp³-hybridized carbons (Fsp3) is 1.00. The fourth-order valence-corrected chi connectivity index (χ4v) is 0.894. The zero-order chi connectivity index (χ0) is 9.23. The van der Waals surface area contributed by atoms with E-state index in [1.807, 2.05) is 0 Å². The minimum atomic E-state index is 0.181. The summed E-state index contributed by atoms with van der Waals surface area (Å²) in [7, 11) is 3.38. The molecule has 0 amide bonds. The van der Waals surface area contributed by atoms with Gasteiger partial charge < -0.3 is 20.5 Å². The molecule has 0 bridgehead atoms. The molecule has 0 heterocycles. The lowest BCUT2D eigenvalue weighted by atomic mass is 10.2. The third-order valence-corrected chi connectivity index (χ3v) is 1.72. The van der Waals surface area contributed by atoms with Crippen molar-refractivity contribution in [1.29, 1.82) is 0 Å². The van der Waals surface area contributed by atoms with Crippen LogP contribution in [0.2, 0.25) is 0 Å². The summed E-state index contributed by atoms with van der Waals surface area (Å²) in [6, 6.07) is 0. The van der Waals surface area contributed by atoms with E-state index in [2.05, 4.69) is 5.32 Å². The molecule has 1 unspecified atom stereocenters. The first kappa shape index (κ1) is 11.8. The number of nitrogens with two attached hydrogens (primary N) is 1. The highest BCUT2D eigenvalue weighted by atomic mass is 16.5. The Labute approximate surface area is 74.4 Å². The van der Waals surface area contributed by atoms with Crippen LogP contribution in [0, 0.1) is 0 Å². The molecule has 0 spiro atoms. The molecular weight excluding hydrogens is 156 g/mol. The van der Waals surface area contributed by atoms with E-state index in [0.29, 0.717) is 6.54 Å². The number of nitrogens with one attached hydrogen (secondary N) is 1. The van der Waals surface area contributed by atoms with Crippen molar-refractivity contribution >= 4 is 0 Å². The Morgan fingerprint density at radius 2 is 2.08 bits per heavy atom. The molecular formula is C8H20N2O2. The van der Waals surface area contributed by atoms with E-state index in [0.717, 1.165) is 26.1 Å². The van der Waals surface area contributed by atoms with Crippen molar-refractivity contribution in [1.82, 2.24) is 5.32 Å². The molecule has 0 aromatic carbocycles. The van der Waals surface area contributed by atoms with E-state index in [4.69, 9.17) is 15.2 Å². The lowest BCUT2D eigenvalue weighted by molar-refractivity contribution is 0.101. The highest BCUT2D eigenvalue weighted by Gasteiger charge is 2.02. The molecule has 74 valence electrons. The molecule has 4 nitrogen and oxygen atoms in total. The molecule has 0 radical (unpaired) electrons. The standard InChI is InChI=1S/C8H20N2O2/c1-11-6-5-10-4-3-8(7-9)12-2/h8,10H,3-7,9H2,1-2H3. The molecule has 0 aromatic heterocycles. The lowest BCUT2D eigenvalue weighted by Gasteiger charge is -2.12. The van der Waals surface area contributed by atoms with Gasteiger partial charge >= 0.3 is 0 Å². The Kier molecular flexibility index (Phi) is 8.81. The fourth-order valence-electron chi connectivity index (χ4n) is 0.894. The summed E-state index contributed by atoms with van der Waals surface area (Å²) in [5, 5.41) is 3.22. The Balaban J connectivity index is 3.06. The van der Waals surface area contributed by atoms with E-state index < -0.39 is 0 Å². The summed E-state index contributed by atoms with van der Waals surface area (Å²) in [5.41, 5.74) is 5.45. The maximum atomic E-state index is 5.45. The first-order valence-corrected chi connectivity index (χ1v) is 4.27. The summed E-state index contributed by atoms with van der Waals surface area (Å²) < 4.78 is 9.99. The number of ether oxygens (including phenoxy) is 2. The Morgan fingerprint density at radius 1 is 1.33 bits per heavy atom. The van der Waals surface area contributed by atoms with Gasteiger partial charge in [0.05, 0.1) is 12.7 Å². The minimum absolute atomic E-state index is 0.181. The Bertz CT molecular complexity index is 87.1. The van der Waals surface area contributed by atoms with E-state index in [1.54, 1.807) is 14.2 Å².